The Kier molecular flexibility index (Phi) is 9.04. The van der Waals surface area contributed by atoms with Crippen molar-refractivity contribution in [1.82, 2.24) is 29.7 Å². The van der Waals surface area contributed by atoms with Crippen molar-refractivity contribution in [1.29, 1.82) is 0 Å². The summed E-state index contributed by atoms with van der Waals surface area (Å²) in [5.41, 5.74) is 3.44. The number of aromatic nitrogens is 4. The number of likely N-dealkylation sites (N-methyl/N-ethyl adjacent to an activating group) is 1. The van der Waals surface area contributed by atoms with E-state index in [1.807, 2.05) is 45.2 Å². The lowest BCUT2D eigenvalue weighted by molar-refractivity contribution is 0.132. The summed E-state index contributed by atoms with van der Waals surface area (Å²) in [6, 6.07) is 8.86. The van der Waals surface area contributed by atoms with Gasteiger partial charge in [-0.2, -0.15) is 0 Å². The Morgan fingerprint density at radius 3 is 2.33 bits per heavy atom. The number of fused-ring (bicyclic) bond motifs is 1. The molecule has 1 N–H and O–H groups in total. The van der Waals surface area contributed by atoms with Crippen LogP contribution >= 0.6 is 12.4 Å². The van der Waals surface area contributed by atoms with Crippen LogP contribution in [0.15, 0.2) is 42.7 Å². The molecule has 1 aromatic carbocycles. The Morgan fingerprint density at radius 2 is 1.67 bits per heavy atom. The lowest BCUT2D eigenvalue weighted by Gasteiger charge is -2.33. The number of benzene rings is 1. The fourth-order valence-electron chi connectivity index (χ4n) is 4.92. The van der Waals surface area contributed by atoms with Crippen molar-refractivity contribution in [3.63, 3.8) is 0 Å². The zero-order valence-electron chi connectivity index (χ0n) is 22.7. The minimum atomic E-state index is -0.632. The molecule has 0 amide bonds. The van der Waals surface area contributed by atoms with Crippen molar-refractivity contribution in [2.24, 2.45) is 0 Å². The zero-order valence-corrected chi connectivity index (χ0v) is 23.5. The van der Waals surface area contributed by atoms with Crippen LogP contribution in [0.3, 0.4) is 0 Å². The van der Waals surface area contributed by atoms with E-state index >= 15 is 4.39 Å². The van der Waals surface area contributed by atoms with Crippen LogP contribution in [0.5, 0.6) is 0 Å². The molecule has 0 aliphatic carbocycles. The molecule has 1 saturated heterocycles. The normalized spacial score (nSPS) is 14.5. The number of nitrogens with one attached hydrogen (secondary N) is 1. The largest absolute Gasteiger partial charge is 0.309 e. The summed E-state index contributed by atoms with van der Waals surface area (Å²) in [7, 11) is 0. The van der Waals surface area contributed by atoms with Crippen LogP contribution in [0.25, 0.3) is 22.2 Å². The van der Waals surface area contributed by atoms with Gasteiger partial charge in [-0.25, -0.2) is 23.7 Å². The number of hydrogen-bond donors (Lipinski definition) is 1. The Labute approximate surface area is 234 Å². The number of aryl methyl sites for hydroxylation is 1. The predicted octanol–water partition coefficient (Wildman–Crippen LogP) is 6.10. The fraction of sp³-hybridized carbons (Fsp3) is 0.379. The van der Waals surface area contributed by atoms with Crippen molar-refractivity contribution in [3.05, 3.63) is 71.2 Å². The molecule has 0 atom stereocenters. The summed E-state index contributed by atoms with van der Waals surface area (Å²) in [5.74, 6) is -0.259. The Hall–Kier alpha value is -3.27. The number of hydrogen-bond acceptors (Lipinski definition) is 7. The molecule has 0 saturated carbocycles. The van der Waals surface area contributed by atoms with Crippen LogP contribution in [0.4, 0.5) is 20.5 Å². The molecule has 7 nitrogen and oxygen atoms in total. The minimum Gasteiger partial charge on any atom is -0.309 e. The summed E-state index contributed by atoms with van der Waals surface area (Å²) in [6.07, 6.45) is 2.92. The SMILES string of the molecule is CCN1CCN(Cc2ccc(Nc3ncc(F)c(-c4cc(F)c5nc(C)cc(C(C)C)c5c4)n3)nc2)CC1.Cl. The summed E-state index contributed by atoms with van der Waals surface area (Å²) in [5, 5.41) is 3.70. The van der Waals surface area contributed by atoms with Crippen LogP contribution in [0.1, 0.15) is 43.5 Å². The zero-order chi connectivity index (χ0) is 26.8. The van der Waals surface area contributed by atoms with Gasteiger partial charge in [-0.1, -0.05) is 26.8 Å². The predicted molar refractivity (Wildman–Crippen MR) is 154 cm³/mol. The Morgan fingerprint density at radius 1 is 0.923 bits per heavy atom. The average molecular weight is 554 g/mol. The third-order valence-electron chi connectivity index (χ3n) is 7.05. The number of halogens is 3. The summed E-state index contributed by atoms with van der Waals surface area (Å²) in [4.78, 5) is 22.2. The third-order valence-corrected chi connectivity index (χ3v) is 7.05. The van der Waals surface area contributed by atoms with Crippen LogP contribution < -0.4 is 5.32 Å². The topological polar surface area (TPSA) is 70.1 Å². The van der Waals surface area contributed by atoms with Gasteiger partial charge in [0, 0.05) is 55.6 Å². The smallest absolute Gasteiger partial charge is 0.229 e. The van der Waals surface area contributed by atoms with Crippen LogP contribution in [-0.2, 0) is 6.54 Å². The van der Waals surface area contributed by atoms with E-state index in [1.54, 1.807) is 6.07 Å². The number of anilines is 2. The van der Waals surface area contributed by atoms with Gasteiger partial charge in [0.25, 0.3) is 0 Å². The molecule has 0 bridgehead atoms. The molecule has 39 heavy (non-hydrogen) atoms. The first kappa shape index (κ1) is 28.7. The molecular weight excluding hydrogens is 520 g/mol. The second-order valence-electron chi connectivity index (χ2n) is 10.1. The molecule has 1 aliphatic heterocycles. The second-order valence-corrected chi connectivity index (χ2v) is 10.1. The van der Waals surface area contributed by atoms with E-state index in [-0.39, 0.29) is 35.5 Å². The Balaban J connectivity index is 0.00000353. The first-order valence-corrected chi connectivity index (χ1v) is 13.1. The molecule has 10 heteroatoms. The molecule has 5 rings (SSSR count). The highest BCUT2D eigenvalue weighted by atomic mass is 35.5. The lowest BCUT2D eigenvalue weighted by Crippen LogP contribution is -2.45. The van der Waals surface area contributed by atoms with Gasteiger partial charge in [-0.05, 0) is 54.8 Å². The van der Waals surface area contributed by atoms with Gasteiger partial charge >= 0.3 is 0 Å². The van der Waals surface area contributed by atoms with Crippen molar-refractivity contribution in [3.8, 4) is 11.3 Å². The molecule has 1 aliphatic rings. The van der Waals surface area contributed by atoms with Crippen molar-refractivity contribution >= 4 is 35.1 Å². The van der Waals surface area contributed by atoms with Crippen LogP contribution in [-0.4, -0.2) is 62.5 Å². The molecular formula is C29H34ClF2N7. The molecule has 3 aromatic heterocycles. The van der Waals surface area contributed by atoms with E-state index in [0.717, 1.165) is 62.3 Å². The van der Waals surface area contributed by atoms with Crippen molar-refractivity contribution in [2.45, 2.75) is 40.2 Å². The average Bonchev–Trinajstić information content (AvgIpc) is 2.91. The number of nitrogens with zero attached hydrogens (tertiary/aromatic N) is 6. The number of pyridine rings is 2. The summed E-state index contributed by atoms with van der Waals surface area (Å²) in [6.45, 7) is 14.3. The van der Waals surface area contributed by atoms with E-state index < -0.39 is 11.6 Å². The first-order chi connectivity index (χ1) is 18.3. The quantitative estimate of drug-likeness (QED) is 0.296. The second kappa shape index (κ2) is 12.3. The van der Waals surface area contributed by atoms with E-state index in [0.29, 0.717) is 16.8 Å². The fourth-order valence-corrected chi connectivity index (χ4v) is 4.92. The maximum absolute atomic E-state index is 15.1. The van der Waals surface area contributed by atoms with E-state index in [2.05, 4.69) is 42.0 Å². The van der Waals surface area contributed by atoms with Gasteiger partial charge in [0.05, 0.1) is 6.20 Å². The molecule has 0 radical (unpaired) electrons. The van der Waals surface area contributed by atoms with Crippen molar-refractivity contribution in [2.75, 3.05) is 38.0 Å². The molecule has 1 fully saturated rings. The number of piperazine rings is 1. The molecule has 0 spiro atoms. The summed E-state index contributed by atoms with van der Waals surface area (Å²) < 4.78 is 30.0. The van der Waals surface area contributed by atoms with Gasteiger partial charge in [-0.3, -0.25) is 9.88 Å². The van der Waals surface area contributed by atoms with Gasteiger partial charge in [-0.15, -0.1) is 12.4 Å². The highest BCUT2D eigenvalue weighted by Crippen LogP contribution is 2.32. The molecule has 0 unspecified atom stereocenters. The number of rotatable bonds is 7. The standard InChI is InChI=1S/C29H33F2N7.ClH/c1-5-37-8-10-38(11-9-37)17-20-6-7-26(32-15-20)35-29-33-16-25(31)27(36-29)21-13-23-22(18(2)3)12-19(4)34-28(23)24(30)14-21;/h6-7,12-16,18H,5,8-11,17H2,1-4H3,(H,32,33,35,36);1H. The van der Waals surface area contributed by atoms with Gasteiger partial charge in [0.2, 0.25) is 5.95 Å². The summed E-state index contributed by atoms with van der Waals surface area (Å²) >= 11 is 0. The van der Waals surface area contributed by atoms with E-state index in [9.17, 15) is 4.39 Å². The lowest BCUT2D eigenvalue weighted by atomic mass is 9.95. The van der Waals surface area contributed by atoms with E-state index in [4.69, 9.17) is 0 Å². The van der Waals surface area contributed by atoms with E-state index in [1.165, 1.54) is 6.07 Å². The minimum absolute atomic E-state index is 0. The van der Waals surface area contributed by atoms with Crippen LogP contribution in [0.2, 0.25) is 0 Å². The first-order valence-electron chi connectivity index (χ1n) is 13.1. The maximum atomic E-state index is 15.1. The van der Waals surface area contributed by atoms with Gasteiger partial charge < -0.3 is 10.2 Å². The molecule has 4 aromatic rings. The third kappa shape index (κ3) is 6.49. The van der Waals surface area contributed by atoms with Crippen LogP contribution in [0, 0.1) is 18.6 Å². The highest BCUT2D eigenvalue weighted by molar-refractivity contribution is 5.88. The van der Waals surface area contributed by atoms with Gasteiger partial charge in [0.15, 0.2) is 5.82 Å². The Bertz CT molecular complexity index is 1440. The monoisotopic (exact) mass is 553 g/mol. The molecule has 4 heterocycles. The maximum Gasteiger partial charge on any atom is 0.229 e. The highest BCUT2D eigenvalue weighted by Gasteiger charge is 2.18. The molecule has 206 valence electrons. The van der Waals surface area contributed by atoms with Gasteiger partial charge in [0.1, 0.15) is 22.8 Å². The van der Waals surface area contributed by atoms with Crippen molar-refractivity contribution < 1.29 is 8.78 Å².